The molecule has 2 unspecified atom stereocenters. The van der Waals surface area contributed by atoms with Gasteiger partial charge in [-0.25, -0.2) is 0 Å². The number of Topliss-reactive ketones (excluding diaryl/α,β-unsaturated/α-hetero) is 1. The van der Waals surface area contributed by atoms with Crippen LogP contribution >= 0.6 is 0 Å². The maximum atomic E-state index is 13.4. The molecule has 0 aromatic carbocycles. The third kappa shape index (κ3) is 4.09. The van der Waals surface area contributed by atoms with E-state index in [2.05, 4.69) is 34.6 Å². The van der Waals surface area contributed by atoms with Gasteiger partial charge in [-0.05, 0) is 84.4 Å². The van der Waals surface area contributed by atoms with E-state index in [-0.39, 0.29) is 16.7 Å². The minimum Gasteiger partial charge on any atom is -0.481 e. The highest BCUT2D eigenvalue weighted by Crippen LogP contribution is 2.69. The van der Waals surface area contributed by atoms with Crippen LogP contribution in [0.25, 0.3) is 0 Å². The van der Waals surface area contributed by atoms with Gasteiger partial charge in [-0.15, -0.1) is 0 Å². The molecule has 4 aliphatic rings. The fourth-order valence-electron chi connectivity index (χ4n) is 9.89. The SMILES string of the molecule is CC(C)CCC[C@@H](C)[C@H]1C(CC(=O)O)C[C@H]2[C@@H]3CC(=O)C4CCCC[C@]4(C)[C@H]3CC[C@]12C. The van der Waals surface area contributed by atoms with Crippen LogP contribution in [0.15, 0.2) is 0 Å². The lowest BCUT2D eigenvalue weighted by molar-refractivity contribution is -0.154. The fourth-order valence-corrected chi connectivity index (χ4v) is 9.89. The summed E-state index contributed by atoms with van der Waals surface area (Å²) in [5.41, 5.74) is 0.402. The van der Waals surface area contributed by atoms with Crippen LogP contribution in [0.4, 0.5) is 0 Å². The van der Waals surface area contributed by atoms with Crippen molar-refractivity contribution in [1.29, 1.82) is 0 Å². The summed E-state index contributed by atoms with van der Waals surface area (Å²) in [6.45, 7) is 11.9. The molecule has 4 fully saturated rings. The Morgan fingerprint density at radius 1 is 1.03 bits per heavy atom. The van der Waals surface area contributed by atoms with E-state index < -0.39 is 5.97 Å². The van der Waals surface area contributed by atoms with Gasteiger partial charge >= 0.3 is 5.97 Å². The number of rotatable bonds is 7. The van der Waals surface area contributed by atoms with Gasteiger partial charge in [-0.3, -0.25) is 9.59 Å². The third-order valence-corrected chi connectivity index (χ3v) is 11.1. The Hall–Kier alpha value is -0.860. The Morgan fingerprint density at radius 3 is 2.47 bits per heavy atom. The molecular weight excluding hydrogens is 396 g/mol. The first-order chi connectivity index (χ1) is 15.1. The van der Waals surface area contributed by atoms with E-state index >= 15 is 0 Å². The zero-order chi connectivity index (χ0) is 23.3. The quantitative estimate of drug-likeness (QED) is 0.446. The summed E-state index contributed by atoms with van der Waals surface area (Å²) >= 11 is 0. The normalized spacial score (nSPS) is 44.6. The van der Waals surface area contributed by atoms with E-state index in [1.54, 1.807) is 0 Å². The van der Waals surface area contributed by atoms with Crippen molar-refractivity contribution < 1.29 is 14.7 Å². The van der Waals surface area contributed by atoms with Crippen LogP contribution in [-0.2, 0) is 9.59 Å². The van der Waals surface area contributed by atoms with E-state index in [1.165, 1.54) is 51.4 Å². The topological polar surface area (TPSA) is 54.4 Å². The minimum atomic E-state index is -0.632. The molecule has 0 aromatic rings. The van der Waals surface area contributed by atoms with Gasteiger partial charge in [0.1, 0.15) is 5.78 Å². The average Bonchev–Trinajstić information content (AvgIpc) is 2.99. The fraction of sp³-hybridized carbons (Fsp3) is 0.931. The molecular formula is C29H48O3. The second-order valence-electron chi connectivity index (χ2n) is 13.3. The monoisotopic (exact) mass is 444 g/mol. The highest BCUT2D eigenvalue weighted by Gasteiger charge is 2.63. The molecule has 182 valence electrons. The smallest absolute Gasteiger partial charge is 0.303 e. The summed E-state index contributed by atoms with van der Waals surface area (Å²) in [5.74, 6) is 3.97. The number of carboxylic acid groups (broad SMARTS) is 1. The van der Waals surface area contributed by atoms with Crippen LogP contribution in [0, 0.1) is 58.2 Å². The van der Waals surface area contributed by atoms with Gasteiger partial charge in [0.2, 0.25) is 0 Å². The third-order valence-electron chi connectivity index (χ3n) is 11.1. The molecule has 4 rings (SSSR count). The number of carbonyl (C=O) groups excluding carboxylic acids is 1. The van der Waals surface area contributed by atoms with Gasteiger partial charge in [-0.2, -0.15) is 0 Å². The van der Waals surface area contributed by atoms with Gasteiger partial charge in [0, 0.05) is 18.8 Å². The van der Waals surface area contributed by atoms with Crippen molar-refractivity contribution in [1.82, 2.24) is 0 Å². The van der Waals surface area contributed by atoms with Crippen LogP contribution in [0.3, 0.4) is 0 Å². The average molecular weight is 445 g/mol. The van der Waals surface area contributed by atoms with Crippen LogP contribution in [0.2, 0.25) is 0 Å². The van der Waals surface area contributed by atoms with Crippen LogP contribution in [0.1, 0.15) is 112 Å². The Kier molecular flexibility index (Phi) is 6.87. The van der Waals surface area contributed by atoms with E-state index in [0.29, 0.717) is 47.7 Å². The molecule has 4 saturated carbocycles. The maximum absolute atomic E-state index is 13.4. The Labute approximate surface area is 196 Å². The lowest BCUT2D eigenvalue weighted by atomic mass is 9.44. The summed E-state index contributed by atoms with van der Waals surface area (Å²) in [4.78, 5) is 25.2. The van der Waals surface area contributed by atoms with Crippen LogP contribution in [-0.4, -0.2) is 16.9 Å². The van der Waals surface area contributed by atoms with Crippen molar-refractivity contribution in [2.24, 2.45) is 58.2 Å². The molecule has 32 heavy (non-hydrogen) atoms. The summed E-state index contributed by atoms with van der Waals surface area (Å²) in [5, 5.41) is 9.76. The highest BCUT2D eigenvalue weighted by molar-refractivity contribution is 5.83. The van der Waals surface area contributed by atoms with Crippen molar-refractivity contribution in [3.8, 4) is 0 Å². The van der Waals surface area contributed by atoms with Crippen molar-refractivity contribution in [3.63, 3.8) is 0 Å². The zero-order valence-corrected chi connectivity index (χ0v) is 21.4. The Balaban J connectivity index is 1.60. The standard InChI is InChI=1S/C29H48O3/c1-18(2)9-8-10-19(3)27-20(16-26(31)32)15-24-21-17-25(30)23-11-6-7-13-28(23,4)22(21)12-14-29(24,27)5/h18-24,27H,6-17H2,1-5H3,(H,31,32)/t19-,20?,21-,22+,23?,24+,27+,28-,29+/m1/s1. The number of aliphatic carboxylic acids is 1. The largest absolute Gasteiger partial charge is 0.481 e. The molecule has 0 amide bonds. The predicted octanol–water partition coefficient (Wildman–Crippen LogP) is 7.38. The summed E-state index contributed by atoms with van der Waals surface area (Å²) in [7, 11) is 0. The Morgan fingerprint density at radius 2 is 1.78 bits per heavy atom. The maximum Gasteiger partial charge on any atom is 0.303 e. The summed E-state index contributed by atoms with van der Waals surface area (Å²) in [6, 6.07) is 0. The van der Waals surface area contributed by atoms with Crippen molar-refractivity contribution >= 4 is 11.8 Å². The molecule has 0 aromatic heterocycles. The van der Waals surface area contributed by atoms with Gasteiger partial charge < -0.3 is 5.11 Å². The lowest BCUT2D eigenvalue weighted by Gasteiger charge is -2.60. The van der Waals surface area contributed by atoms with E-state index in [9.17, 15) is 14.7 Å². The van der Waals surface area contributed by atoms with Crippen molar-refractivity contribution in [2.75, 3.05) is 0 Å². The number of carbonyl (C=O) groups is 2. The van der Waals surface area contributed by atoms with Gasteiger partial charge in [0.15, 0.2) is 0 Å². The molecule has 3 heteroatoms. The van der Waals surface area contributed by atoms with Crippen molar-refractivity contribution in [2.45, 2.75) is 112 Å². The van der Waals surface area contributed by atoms with Crippen molar-refractivity contribution in [3.05, 3.63) is 0 Å². The number of hydrogen-bond acceptors (Lipinski definition) is 2. The molecule has 9 atom stereocenters. The number of ketones is 1. The zero-order valence-electron chi connectivity index (χ0n) is 21.4. The molecule has 0 heterocycles. The highest BCUT2D eigenvalue weighted by atomic mass is 16.4. The first-order valence-electron chi connectivity index (χ1n) is 13.8. The molecule has 0 radical (unpaired) electrons. The summed E-state index contributed by atoms with van der Waals surface area (Å²) < 4.78 is 0. The van der Waals surface area contributed by atoms with Crippen LogP contribution < -0.4 is 0 Å². The number of fused-ring (bicyclic) bond motifs is 5. The summed E-state index contributed by atoms with van der Waals surface area (Å²) in [6.07, 6.45) is 13.2. The van der Waals surface area contributed by atoms with E-state index in [0.717, 1.165) is 25.2 Å². The molecule has 4 aliphatic carbocycles. The first-order valence-corrected chi connectivity index (χ1v) is 13.8. The van der Waals surface area contributed by atoms with Gasteiger partial charge in [-0.1, -0.05) is 66.7 Å². The predicted molar refractivity (Wildman–Crippen MR) is 129 cm³/mol. The number of carboxylic acids is 1. The van der Waals surface area contributed by atoms with E-state index in [4.69, 9.17) is 0 Å². The van der Waals surface area contributed by atoms with Crippen LogP contribution in [0.5, 0.6) is 0 Å². The molecule has 3 nitrogen and oxygen atoms in total. The second-order valence-corrected chi connectivity index (χ2v) is 13.3. The molecule has 0 bridgehead atoms. The molecule has 0 aliphatic heterocycles. The molecule has 0 saturated heterocycles. The second kappa shape index (κ2) is 9.06. The minimum absolute atomic E-state index is 0.197. The number of hydrogen-bond donors (Lipinski definition) is 1. The molecule has 0 spiro atoms. The lowest BCUT2D eigenvalue weighted by Crippen LogP contribution is -2.56. The Bertz CT molecular complexity index is 713. The van der Waals surface area contributed by atoms with Gasteiger partial charge in [0.05, 0.1) is 0 Å². The van der Waals surface area contributed by atoms with Gasteiger partial charge in [0.25, 0.3) is 0 Å². The molecule has 1 N–H and O–H groups in total. The first kappa shape index (κ1) is 24.3. The van der Waals surface area contributed by atoms with E-state index in [1.807, 2.05) is 0 Å².